The first kappa shape index (κ1) is 13.1. The van der Waals surface area contributed by atoms with Crippen molar-refractivity contribution in [3.8, 4) is 6.07 Å². The zero-order valence-electron chi connectivity index (χ0n) is 12.9. The van der Waals surface area contributed by atoms with E-state index in [2.05, 4.69) is 6.07 Å². The molecule has 0 bridgehead atoms. The normalized spacial score (nSPS) is 45.2. The van der Waals surface area contributed by atoms with Crippen molar-refractivity contribution in [2.45, 2.75) is 69.0 Å². The van der Waals surface area contributed by atoms with Gasteiger partial charge in [-0.05, 0) is 74.0 Å². The summed E-state index contributed by atoms with van der Waals surface area (Å²) >= 11 is 0. The third-order valence-electron chi connectivity index (χ3n) is 7.09. The fourth-order valence-corrected chi connectivity index (χ4v) is 6.18. The van der Waals surface area contributed by atoms with Crippen LogP contribution >= 0.6 is 0 Å². The lowest BCUT2D eigenvalue weighted by atomic mass is 9.62. The summed E-state index contributed by atoms with van der Waals surface area (Å²) in [5.74, 6) is 1.58. The largest absolute Gasteiger partial charge is 0.361 e. The van der Waals surface area contributed by atoms with Crippen molar-refractivity contribution in [2.24, 2.45) is 11.8 Å². The molecule has 1 spiro atoms. The van der Waals surface area contributed by atoms with Gasteiger partial charge in [-0.25, -0.2) is 0 Å². The standard InChI is InChI=1S/C19H21NO2/c20-10-9-18-7-6-17-16-3-1-12-11-13(21)2-4-14(12)15(16)5-8-19(17,18)22-18/h11,16-17H,1-9H2/t16-,17+,18-,19-/m1/s1. The van der Waals surface area contributed by atoms with Crippen LogP contribution in [-0.4, -0.2) is 17.0 Å². The number of epoxide rings is 1. The molecule has 1 saturated heterocycles. The van der Waals surface area contributed by atoms with E-state index in [4.69, 9.17) is 10.00 Å². The molecular weight excluding hydrogens is 274 g/mol. The van der Waals surface area contributed by atoms with E-state index in [0.29, 0.717) is 30.5 Å². The Hall–Kier alpha value is -1.40. The summed E-state index contributed by atoms with van der Waals surface area (Å²) < 4.78 is 6.26. The molecule has 5 aliphatic rings. The molecule has 0 unspecified atom stereocenters. The van der Waals surface area contributed by atoms with Gasteiger partial charge in [0.25, 0.3) is 0 Å². The number of fused-ring (bicyclic) bond motifs is 3. The molecule has 0 aromatic heterocycles. The predicted molar refractivity (Wildman–Crippen MR) is 80.8 cm³/mol. The number of hydrogen-bond donors (Lipinski definition) is 0. The van der Waals surface area contributed by atoms with Crippen LogP contribution in [0.1, 0.15) is 57.8 Å². The van der Waals surface area contributed by atoms with Crippen molar-refractivity contribution in [3.63, 3.8) is 0 Å². The van der Waals surface area contributed by atoms with Crippen LogP contribution in [0.25, 0.3) is 0 Å². The Labute approximate surface area is 131 Å². The molecule has 114 valence electrons. The fourth-order valence-electron chi connectivity index (χ4n) is 6.18. The summed E-state index contributed by atoms with van der Waals surface area (Å²) in [6.07, 6.45) is 10.9. The third-order valence-corrected chi connectivity index (χ3v) is 7.09. The minimum absolute atomic E-state index is 0.0309. The van der Waals surface area contributed by atoms with Gasteiger partial charge in [-0.3, -0.25) is 4.79 Å². The van der Waals surface area contributed by atoms with E-state index in [-0.39, 0.29) is 11.2 Å². The summed E-state index contributed by atoms with van der Waals surface area (Å²) in [4.78, 5) is 11.7. The molecule has 3 nitrogen and oxygen atoms in total. The number of nitrogens with zero attached hydrogens (tertiary/aromatic N) is 1. The summed E-state index contributed by atoms with van der Waals surface area (Å²) in [6.45, 7) is 0. The number of allylic oxidation sites excluding steroid dienone is 4. The Balaban J connectivity index is 1.52. The lowest BCUT2D eigenvalue weighted by Gasteiger charge is -2.42. The molecule has 3 heteroatoms. The van der Waals surface area contributed by atoms with E-state index in [1.54, 1.807) is 5.57 Å². The summed E-state index contributed by atoms with van der Waals surface area (Å²) in [7, 11) is 0. The molecule has 3 fully saturated rings. The lowest BCUT2D eigenvalue weighted by Crippen LogP contribution is -2.39. The Morgan fingerprint density at radius 2 is 2.14 bits per heavy atom. The van der Waals surface area contributed by atoms with Crippen molar-refractivity contribution >= 4 is 5.78 Å². The molecule has 4 aliphatic carbocycles. The van der Waals surface area contributed by atoms with Crippen molar-refractivity contribution in [1.29, 1.82) is 5.26 Å². The molecule has 0 radical (unpaired) electrons. The van der Waals surface area contributed by atoms with Crippen molar-refractivity contribution < 1.29 is 9.53 Å². The van der Waals surface area contributed by atoms with E-state index in [0.717, 1.165) is 32.1 Å². The summed E-state index contributed by atoms with van der Waals surface area (Å²) in [6, 6.07) is 2.36. The molecule has 1 aliphatic heterocycles. The number of rotatable bonds is 1. The van der Waals surface area contributed by atoms with E-state index in [1.807, 2.05) is 6.08 Å². The van der Waals surface area contributed by atoms with Crippen LogP contribution in [0, 0.1) is 23.2 Å². The van der Waals surface area contributed by atoms with Gasteiger partial charge in [-0.1, -0.05) is 5.57 Å². The first-order chi connectivity index (χ1) is 10.7. The topological polar surface area (TPSA) is 53.4 Å². The number of nitriles is 1. The van der Waals surface area contributed by atoms with Crippen molar-refractivity contribution in [1.82, 2.24) is 0 Å². The van der Waals surface area contributed by atoms with Crippen molar-refractivity contribution in [2.75, 3.05) is 0 Å². The van der Waals surface area contributed by atoms with E-state index >= 15 is 0 Å². The van der Waals surface area contributed by atoms with Gasteiger partial charge in [-0.15, -0.1) is 0 Å². The molecule has 1 heterocycles. The smallest absolute Gasteiger partial charge is 0.156 e. The number of hydrogen-bond acceptors (Lipinski definition) is 3. The van der Waals surface area contributed by atoms with Gasteiger partial charge in [0.1, 0.15) is 11.2 Å². The SMILES string of the molecule is N#CC[C@]12CC[C@H]3[C@@H]4CCC5=CC(=O)CCC5=C4CC[C@@]31O2. The molecule has 0 aromatic rings. The molecule has 0 amide bonds. The average Bonchev–Trinajstić information content (AvgIpc) is 3.02. The van der Waals surface area contributed by atoms with Gasteiger partial charge in [0.2, 0.25) is 0 Å². The summed E-state index contributed by atoms with van der Waals surface area (Å²) in [5, 5.41) is 9.14. The molecule has 2 saturated carbocycles. The number of ether oxygens (including phenoxy) is 1. The maximum absolute atomic E-state index is 11.7. The summed E-state index contributed by atoms with van der Waals surface area (Å²) in [5.41, 5.74) is 4.43. The highest BCUT2D eigenvalue weighted by Gasteiger charge is 2.77. The highest BCUT2D eigenvalue weighted by molar-refractivity contribution is 5.93. The Kier molecular flexibility index (Phi) is 2.45. The average molecular weight is 295 g/mol. The van der Waals surface area contributed by atoms with Crippen LogP contribution in [0.5, 0.6) is 0 Å². The van der Waals surface area contributed by atoms with Crippen LogP contribution in [0.15, 0.2) is 22.8 Å². The van der Waals surface area contributed by atoms with E-state index in [1.165, 1.54) is 24.0 Å². The zero-order valence-corrected chi connectivity index (χ0v) is 12.9. The maximum Gasteiger partial charge on any atom is 0.156 e. The lowest BCUT2D eigenvalue weighted by molar-refractivity contribution is -0.114. The quantitative estimate of drug-likeness (QED) is 0.694. The maximum atomic E-state index is 11.7. The van der Waals surface area contributed by atoms with Gasteiger partial charge < -0.3 is 4.74 Å². The number of ketones is 1. The minimum Gasteiger partial charge on any atom is -0.361 e. The second-order valence-electron chi connectivity index (χ2n) is 7.75. The minimum atomic E-state index is -0.0960. The molecular formula is C19H21NO2. The van der Waals surface area contributed by atoms with Gasteiger partial charge >= 0.3 is 0 Å². The fraction of sp³-hybridized carbons (Fsp3) is 0.684. The Morgan fingerprint density at radius 1 is 1.23 bits per heavy atom. The number of carbonyl (C=O) groups is 1. The van der Waals surface area contributed by atoms with E-state index in [9.17, 15) is 4.79 Å². The van der Waals surface area contributed by atoms with Crippen LogP contribution in [0.3, 0.4) is 0 Å². The first-order valence-corrected chi connectivity index (χ1v) is 8.72. The predicted octanol–water partition coefficient (Wildman–Crippen LogP) is 3.61. The van der Waals surface area contributed by atoms with Gasteiger partial charge in [0.05, 0.1) is 12.5 Å². The number of carbonyl (C=O) groups excluding carboxylic acids is 1. The molecule has 0 aromatic carbocycles. The van der Waals surface area contributed by atoms with Crippen LogP contribution < -0.4 is 0 Å². The molecule has 22 heavy (non-hydrogen) atoms. The highest BCUT2D eigenvalue weighted by atomic mass is 16.6. The van der Waals surface area contributed by atoms with E-state index < -0.39 is 0 Å². The van der Waals surface area contributed by atoms with Gasteiger partial charge in [-0.2, -0.15) is 5.26 Å². The van der Waals surface area contributed by atoms with Crippen LogP contribution in [0.2, 0.25) is 0 Å². The Bertz CT molecular complexity index is 682. The second-order valence-corrected chi connectivity index (χ2v) is 7.75. The monoisotopic (exact) mass is 295 g/mol. The van der Waals surface area contributed by atoms with Crippen LogP contribution in [0.4, 0.5) is 0 Å². The molecule has 4 atom stereocenters. The first-order valence-electron chi connectivity index (χ1n) is 8.72. The zero-order chi connectivity index (χ0) is 14.9. The van der Waals surface area contributed by atoms with Crippen molar-refractivity contribution in [3.05, 3.63) is 22.8 Å². The van der Waals surface area contributed by atoms with Crippen LogP contribution in [-0.2, 0) is 9.53 Å². The second kappa shape index (κ2) is 4.11. The third kappa shape index (κ3) is 1.42. The molecule has 0 N–H and O–H groups in total. The van der Waals surface area contributed by atoms with Gasteiger partial charge in [0.15, 0.2) is 5.78 Å². The van der Waals surface area contributed by atoms with Gasteiger partial charge in [0, 0.05) is 6.42 Å². The Morgan fingerprint density at radius 3 is 3.00 bits per heavy atom. The highest BCUT2D eigenvalue weighted by Crippen LogP contribution is 2.72. The molecule has 5 rings (SSSR count).